The second-order valence-electron chi connectivity index (χ2n) is 4.59. The van der Waals surface area contributed by atoms with Gasteiger partial charge in [-0.05, 0) is 12.1 Å². The molecule has 0 aliphatic carbocycles. The Morgan fingerprint density at radius 3 is 2.60 bits per heavy atom. The summed E-state index contributed by atoms with van der Waals surface area (Å²) in [5.41, 5.74) is 8.77. The maximum Gasteiger partial charge on any atom is 0.201 e. The standard InChI is InChI=1S/C15H12BN3O/c16-11-7-5-10(6-8-11)14(20)9-19-13-4-2-1-3-12(13)18-15(19)17/h1-8H,9H2,(H2,17,18). The van der Waals surface area contributed by atoms with Crippen molar-refractivity contribution in [1.82, 2.24) is 9.55 Å². The van der Waals surface area contributed by atoms with Crippen molar-refractivity contribution in [2.24, 2.45) is 0 Å². The fraction of sp³-hybridized carbons (Fsp3) is 0.0667. The third-order valence-electron chi connectivity index (χ3n) is 3.22. The number of fused-ring (bicyclic) bond motifs is 1. The Morgan fingerprint density at radius 1 is 1.15 bits per heavy atom. The first-order valence-corrected chi connectivity index (χ1v) is 6.24. The van der Waals surface area contributed by atoms with E-state index in [2.05, 4.69) is 4.98 Å². The number of benzene rings is 2. The van der Waals surface area contributed by atoms with Crippen LogP contribution in [-0.2, 0) is 6.54 Å². The molecule has 2 aromatic carbocycles. The van der Waals surface area contributed by atoms with Crippen LogP contribution in [0.3, 0.4) is 0 Å². The molecule has 0 unspecified atom stereocenters. The third-order valence-corrected chi connectivity index (χ3v) is 3.22. The lowest BCUT2D eigenvalue weighted by Crippen LogP contribution is -2.13. The molecule has 0 saturated heterocycles. The quantitative estimate of drug-likeness (QED) is 0.571. The molecule has 3 rings (SSSR count). The number of ketones is 1. The number of rotatable bonds is 3. The van der Waals surface area contributed by atoms with Gasteiger partial charge in [-0.15, -0.1) is 0 Å². The number of hydrogen-bond acceptors (Lipinski definition) is 3. The van der Waals surface area contributed by atoms with Gasteiger partial charge in [-0.1, -0.05) is 41.9 Å². The molecule has 1 aromatic heterocycles. The van der Waals surface area contributed by atoms with Crippen molar-refractivity contribution in [3.05, 3.63) is 54.1 Å². The Labute approximate surface area is 117 Å². The highest BCUT2D eigenvalue weighted by Crippen LogP contribution is 2.18. The molecule has 0 fully saturated rings. The van der Waals surface area contributed by atoms with Crippen LogP contribution in [0.15, 0.2) is 48.5 Å². The average molecular weight is 261 g/mol. The SMILES string of the molecule is [B]c1ccc(C(=O)Cn2c(N)nc3ccccc32)cc1. The first kappa shape index (κ1) is 12.5. The molecule has 0 aliphatic heterocycles. The predicted octanol–water partition coefficient (Wildman–Crippen LogP) is 1.30. The monoisotopic (exact) mass is 261 g/mol. The number of aromatic nitrogens is 2. The Balaban J connectivity index is 1.95. The van der Waals surface area contributed by atoms with E-state index in [0.29, 0.717) is 17.0 Å². The van der Waals surface area contributed by atoms with Crippen LogP contribution in [0.2, 0.25) is 0 Å². The number of para-hydroxylation sites is 2. The smallest absolute Gasteiger partial charge is 0.201 e. The second kappa shape index (κ2) is 4.85. The zero-order chi connectivity index (χ0) is 14.1. The average Bonchev–Trinajstić information content (AvgIpc) is 2.76. The number of Topliss-reactive ketones (excluding diaryl/α,β-unsaturated/α-hetero) is 1. The Hall–Kier alpha value is -2.56. The summed E-state index contributed by atoms with van der Waals surface area (Å²) in [5, 5.41) is 0. The van der Waals surface area contributed by atoms with Crippen molar-refractivity contribution in [3.8, 4) is 0 Å². The number of hydrogen-bond donors (Lipinski definition) is 1. The molecule has 96 valence electrons. The van der Waals surface area contributed by atoms with E-state index in [1.54, 1.807) is 28.8 Å². The molecule has 4 nitrogen and oxygen atoms in total. The molecular formula is C15H12BN3O. The number of imidazole rings is 1. The van der Waals surface area contributed by atoms with E-state index in [4.69, 9.17) is 13.6 Å². The van der Waals surface area contributed by atoms with Crippen LogP contribution in [0.5, 0.6) is 0 Å². The lowest BCUT2D eigenvalue weighted by atomic mass is 9.94. The van der Waals surface area contributed by atoms with Crippen LogP contribution < -0.4 is 11.2 Å². The molecular weight excluding hydrogens is 249 g/mol. The van der Waals surface area contributed by atoms with E-state index < -0.39 is 0 Å². The normalized spacial score (nSPS) is 10.8. The molecule has 1 heterocycles. The van der Waals surface area contributed by atoms with Gasteiger partial charge in [-0.3, -0.25) is 4.79 Å². The molecule has 0 spiro atoms. The van der Waals surface area contributed by atoms with E-state index in [0.717, 1.165) is 11.0 Å². The van der Waals surface area contributed by atoms with Gasteiger partial charge < -0.3 is 10.3 Å². The van der Waals surface area contributed by atoms with E-state index in [-0.39, 0.29) is 12.3 Å². The molecule has 5 heteroatoms. The second-order valence-corrected chi connectivity index (χ2v) is 4.59. The Kier molecular flexibility index (Phi) is 3.02. The van der Waals surface area contributed by atoms with Crippen molar-refractivity contribution >= 4 is 36.1 Å². The van der Waals surface area contributed by atoms with Gasteiger partial charge in [0, 0.05) is 5.56 Å². The highest BCUT2D eigenvalue weighted by molar-refractivity contribution is 6.32. The molecule has 0 atom stereocenters. The number of nitrogen functional groups attached to an aromatic ring is 1. The summed E-state index contributed by atoms with van der Waals surface area (Å²) in [5.74, 6) is 0.315. The zero-order valence-electron chi connectivity index (χ0n) is 10.8. The summed E-state index contributed by atoms with van der Waals surface area (Å²) in [7, 11) is 5.61. The van der Waals surface area contributed by atoms with Crippen molar-refractivity contribution in [2.75, 3.05) is 5.73 Å². The first-order valence-electron chi connectivity index (χ1n) is 6.24. The number of nitrogens with zero attached hydrogens (tertiary/aromatic N) is 2. The van der Waals surface area contributed by atoms with Crippen LogP contribution in [0, 0.1) is 0 Å². The highest BCUT2D eigenvalue weighted by atomic mass is 16.1. The fourth-order valence-electron chi connectivity index (χ4n) is 2.16. The van der Waals surface area contributed by atoms with E-state index >= 15 is 0 Å². The van der Waals surface area contributed by atoms with Crippen LogP contribution >= 0.6 is 0 Å². The molecule has 20 heavy (non-hydrogen) atoms. The van der Waals surface area contributed by atoms with Gasteiger partial charge in [-0.2, -0.15) is 0 Å². The molecule has 0 bridgehead atoms. The number of anilines is 1. The van der Waals surface area contributed by atoms with Crippen molar-refractivity contribution in [3.63, 3.8) is 0 Å². The fourth-order valence-corrected chi connectivity index (χ4v) is 2.16. The van der Waals surface area contributed by atoms with Crippen LogP contribution in [0.1, 0.15) is 10.4 Å². The summed E-state index contributed by atoms with van der Waals surface area (Å²) in [6, 6.07) is 14.4. The Morgan fingerprint density at radius 2 is 1.85 bits per heavy atom. The maximum absolute atomic E-state index is 12.3. The van der Waals surface area contributed by atoms with Gasteiger partial charge in [0.05, 0.1) is 17.6 Å². The van der Waals surface area contributed by atoms with Crippen molar-refractivity contribution in [2.45, 2.75) is 6.54 Å². The Bertz CT molecular complexity index is 777. The van der Waals surface area contributed by atoms with Gasteiger partial charge in [0.2, 0.25) is 5.95 Å². The largest absolute Gasteiger partial charge is 0.369 e. The molecule has 2 N–H and O–H groups in total. The minimum Gasteiger partial charge on any atom is -0.369 e. The number of nitrogens with two attached hydrogens (primary N) is 1. The number of carbonyl (C=O) groups excluding carboxylic acids is 1. The van der Waals surface area contributed by atoms with E-state index in [1.165, 1.54) is 0 Å². The minimum absolute atomic E-state index is 0.0279. The summed E-state index contributed by atoms with van der Waals surface area (Å²) in [4.78, 5) is 16.5. The van der Waals surface area contributed by atoms with Gasteiger partial charge in [0.15, 0.2) is 5.78 Å². The molecule has 2 radical (unpaired) electrons. The highest BCUT2D eigenvalue weighted by Gasteiger charge is 2.12. The topological polar surface area (TPSA) is 60.9 Å². The summed E-state index contributed by atoms with van der Waals surface area (Å²) in [6.07, 6.45) is 0. The van der Waals surface area contributed by atoms with Crippen LogP contribution in [-0.4, -0.2) is 23.2 Å². The van der Waals surface area contributed by atoms with Crippen molar-refractivity contribution < 1.29 is 4.79 Å². The van der Waals surface area contributed by atoms with Crippen molar-refractivity contribution in [1.29, 1.82) is 0 Å². The third kappa shape index (κ3) is 2.18. The summed E-state index contributed by atoms with van der Waals surface area (Å²) < 4.78 is 1.72. The zero-order valence-corrected chi connectivity index (χ0v) is 10.8. The van der Waals surface area contributed by atoms with Crippen LogP contribution in [0.25, 0.3) is 11.0 Å². The van der Waals surface area contributed by atoms with E-state index in [1.807, 2.05) is 24.3 Å². The minimum atomic E-state index is -0.0279. The summed E-state index contributed by atoms with van der Waals surface area (Å²) >= 11 is 0. The predicted molar refractivity (Wildman–Crippen MR) is 80.3 cm³/mol. The van der Waals surface area contributed by atoms with Gasteiger partial charge in [-0.25, -0.2) is 4.98 Å². The molecule has 0 amide bonds. The van der Waals surface area contributed by atoms with E-state index in [9.17, 15) is 4.79 Å². The lowest BCUT2D eigenvalue weighted by Gasteiger charge is -2.06. The van der Waals surface area contributed by atoms with Gasteiger partial charge >= 0.3 is 0 Å². The number of carbonyl (C=O) groups is 1. The first-order chi connectivity index (χ1) is 9.65. The van der Waals surface area contributed by atoms with Crippen LogP contribution in [0.4, 0.5) is 5.95 Å². The molecule has 3 aromatic rings. The van der Waals surface area contributed by atoms with Gasteiger partial charge in [0.1, 0.15) is 7.85 Å². The lowest BCUT2D eigenvalue weighted by molar-refractivity contribution is 0.0974. The van der Waals surface area contributed by atoms with Gasteiger partial charge in [0.25, 0.3) is 0 Å². The molecule has 0 saturated carbocycles. The molecule has 0 aliphatic rings. The summed E-state index contributed by atoms with van der Waals surface area (Å²) in [6.45, 7) is 0.163. The maximum atomic E-state index is 12.3.